The molecule has 2 rings (SSSR count). The summed E-state index contributed by atoms with van der Waals surface area (Å²) in [6.45, 7) is 1.67. The second-order valence-corrected chi connectivity index (χ2v) is 5.39. The summed E-state index contributed by atoms with van der Waals surface area (Å²) < 4.78 is 1.96. The van der Waals surface area contributed by atoms with Crippen molar-refractivity contribution in [2.24, 2.45) is 0 Å². The first-order valence-corrected chi connectivity index (χ1v) is 7.06. The molecule has 0 aliphatic rings. The number of amides is 1. The number of imidazole rings is 1. The first-order chi connectivity index (χ1) is 9.16. The average molecular weight is 278 g/mol. The molecule has 5 nitrogen and oxygen atoms in total. The topological polar surface area (TPSA) is 49.6 Å². The number of hydrogen-bond donors (Lipinski definition) is 1. The van der Waals surface area contributed by atoms with E-state index in [4.69, 9.17) is 0 Å². The van der Waals surface area contributed by atoms with Crippen molar-refractivity contribution >= 4 is 28.3 Å². The summed E-state index contributed by atoms with van der Waals surface area (Å²) in [6.07, 6.45) is 8.00. The summed E-state index contributed by atoms with van der Waals surface area (Å²) >= 11 is 1.57. The standard InChI is InChI=1S/C13H18N4OS/c1-16(2)7-3-6-14-12(18)5-4-11-10-15-13-17(11)8-9-19-13/h4-5,8-10H,3,6-7H2,1-2H3,(H,14,18)/b5-4+. The van der Waals surface area contributed by atoms with Crippen LogP contribution in [0, 0.1) is 0 Å². The van der Waals surface area contributed by atoms with Crippen LogP contribution in [0.25, 0.3) is 11.0 Å². The highest BCUT2D eigenvalue weighted by Gasteiger charge is 2.01. The number of aromatic nitrogens is 2. The third-order valence-corrected chi connectivity index (χ3v) is 3.43. The van der Waals surface area contributed by atoms with Gasteiger partial charge in [-0.2, -0.15) is 0 Å². The smallest absolute Gasteiger partial charge is 0.244 e. The molecule has 0 spiro atoms. The van der Waals surface area contributed by atoms with Gasteiger partial charge in [0.15, 0.2) is 4.96 Å². The fraction of sp³-hybridized carbons (Fsp3) is 0.385. The molecule has 19 heavy (non-hydrogen) atoms. The van der Waals surface area contributed by atoms with Crippen LogP contribution >= 0.6 is 11.3 Å². The Bertz CT molecular complexity index is 570. The highest BCUT2D eigenvalue weighted by Crippen LogP contribution is 2.13. The maximum Gasteiger partial charge on any atom is 0.244 e. The van der Waals surface area contributed by atoms with E-state index >= 15 is 0 Å². The fourth-order valence-corrected chi connectivity index (χ4v) is 2.39. The Labute approximate surface area is 116 Å². The predicted octanol–water partition coefficient (Wildman–Crippen LogP) is 1.48. The van der Waals surface area contributed by atoms with Crippen molar-refractivity contribution in [1.29, 1.82) is 0 Å². The van der Waals surface area contributed by atoms with Gasteiger partial charge in [0.05, 0.1) is 11.9 Å². The summed E-state index contributed by atoms with van der Waals surface area (Å²) in [7, 11) is 4.04. The van der Waals surface area contributed by atoms with E-state index < -0.39 is 0 Å². The molecule has 1 amide bonds. The minimum Gasteiger partial charge on any atom is -0.353 e. The number of nitrogens with one attached hydrogen (secondary N) is 1. The molecule has 0 unspecified atom stereocenters. The summed E-state index contributed by atoms with van der Waals surface area (Å²) in [5.41, 5.74) is 0.916. The van der Waals surface area contributed by atoms with Crippen molar-refractivity contribution in [2.75, 3.05) is 27.2 Å². The molecule has 6 heteroatoms. The van der Waals surface area contributed by atoms with Crippen molar-refractivity contribution in [3.05, 3.63) is 29.5 Å². The molecule has 0 aliphatic carbocycles. The van der Waals surface area contributed by atoms with Gasteiger partial charge in [0.2, 0.25) is 5.91 Å². The number of hydrogen-bond acceptors (Lipinski definition) is 4. The van der Waals surface area contributed by atoms with Gasteiger partial charge < -0.3 is 10.2 Å². The molecule has 0 fully saturated rings. The molecule has 2 heterocycles. The van der Waals surface area contributed by atoms with Crippen molar-refractivity contribution in [3.63, 3.8) is 0 Å². The van der Waals surface area contributed by atoms with E-state index in [1.54, 1.807) is 29.7 Å². The van der Waals surface area contributed by atoms with E-state index in [1.807, 2.05) is 30.1 Å². The third kappa shape index (κ3) is 3.90. The SMILES string of the molecule is CN(C)CCCNC(=O)/C=C/c1cnc2sccn12. The van der Waals surface area contributed by atoms with Gasteiger partial charge in [-0.1, -0.05) is 0 Å². The first kappa shape index (κ1) is 13.8. The zero-order valence-electron chi connectivity index (χ0n) is 11.2. The van der Waals surface area contributed by atoms with Crippen LogP contribution in [0.2, 0.25) is 0 Å². The third-order valence-electron chi connectivity index (χ3n) is 2.66. The summed E-state index contributed by atoms with van der Waals surface area (Å²) in [5, 5.41) is 4.84. The van der Waals surface area contributed by atoms with E-state index in [-0.39, 0.29) is 5.91 Å². The highest BCUT2D eigenvalue weighted by molar-refractivity contribution is 7.15. The van der Waals surface area contributed by atoms with Gasteiger partial charge in [-0.25, -0.2) is 4.98 Å². The molecule has 102 valence electrons. The lowest BCUT2D eigenvalue weighted by molar-refractivity contribution is -0.116. The highest BCUT2D eigenvalue weighted by atomic mass is 32.1. The minimum atomic E-state index is -0.0658. The zero-order valence-corrected chi connectivity index (χ0v) is 12.0. The Morgan fingerprint density at radius 1 is 1.58 bits per heavy atom. The van der Waals surface area contributed by atoms with E-state index in [0.717, 1.165) is 23.6 Å². The van der Waals surface area contributed by atoms with Gasteiger partial charge >= 0.3 is 0 Å². The van der Waals surface area contributed by atoms with Crippen molar-refractivity contribution in [1.82, 2.24) is 19.6 Å². The second kappa shape index (κ2) is 6.49. The van der Waals surface area contributed by atoms with Crippen LogP contribution < -0.4 is 5.32 Å². The maximum atomic E-state index is 11.6. The number of rotatable bonds is 6. The van der Waals surface area contributed by atoms with Crippen LogP contribution in [-0.2, 0) is 4.79 Å². The maximum absolute atomic E-state index is 11.6. The number of nitrogens with zero attached hydrogens (tertiary/aromatic N) is 3. The minimum absolute atomic E-state index is 0.0658. The Kier molecular flexibility index (Phi) is 4.70. The van der Waals surface area contributed by atoms with Gasteiger partial charge in [-0.15, -0.1) is 11.3 Å². The van der Waals surface area contributed by atoms with Crippen LogP contribution in [0.3, 0.4) is 0 Å². The van der Waals surface area contributed by atoms with E-state index in [0.29, 0.717) is 6.54 Å². The largest absolute Gasteiger partial charge is 0.353 e. The molecule has 0 aromatic carbocycles. The molecule has 0 saturated heterocycles. The zero-order chi connectivity index (χ0) is 13.7. The van der Waals surface area contributed by atoms with E-state index in [1.165, 1.54) is 0 Å². The number of thiazole rings is 1. The normalized spacial score (nSPS) is 11.7. The molecule has 2 aromatic heterocycles. The van der Waals surface area contributed by atoms with E-state index in [9.17, 15) is 4.79 Å². The lowest BCUT2D eigenvalue weighted by atomic mass is 10.3. The van der Waals surface area contributed by atoms with Crippen LogP contribution in [0.4, 0.5) is 0 Å². The Morgan fingerprint density at radius 2 is 2.42 bits per heavy atom. The van der Waals surface area contributed by atoms with Gasteiger partial charge in [-0.05, 0) is 33.1 Å². The average Bonchev–Trinajstić information content (AvgIpc) is 2.95. The molecule has 0 aliphatic heterocycles. The number of fused-ring (bicyclic) bond motifs is 1. The Morgan fingerprint density at radius 3 is 3.21 bits per heavy atom. The van der Waals surface area contributed by atoms with Gasteiger partial charge in [-0.3, -0.25) is 9.20 Å². The number of carbonyl (C=O) groups is 1. The summed E-state index contributed by atoms with van der Waals surface area (Å²) in [4.78, 5) is 18.9. The van der Waals surface area contributed by atoms with Gasteiger partial charge in [0, 0.05) is 24.2 Å². The lowest BCUT2D eigenvalue weighted by Gasteiger charge is -2.08. The molecule has 1 N–H and O–H groups in total. The van der Waals surface area contributed by atoms with Crippen molar-refractivity contribution < 1.29 is 4.79 Å². The fourth-order valence-electron chi connectivity index (χ4n) is 1.70. The molecule has 0 radical (unpaired) electrons. The molecular formula is C13H18N4OS. The summed E-state index contributed by atoms with van der Waals surface area (Å²) in [6, 6.07) is 0. The van der Waals surface area contributed by atoms with Crippen LogP contribution in [-0.4, -0.2) is 47.4 Å². The lowest BCUT2D eigenvalue weighted by Crippen LogP contribution is -2.25. The molecule has 2 aromatic rings. The quantitative estimate of drug-likeness (QED) is 0.643. The molecule has 0 atom stereocenters. The first-order valence-electron chi connectivity index (χ1n) is 6.18. The summed E-state index contributed by atoms with van der Waals surface area (Å²) in [5.74, 6) is -0.0658. The van der Waals surface area contributed by atoms with E-state index in [2.05, 4.69) is 15.2 Å². The van der Waals surface area contributed by atoms with Gasteiger partial charge in [0.1, 0.15) is 0 Å². The van der Waals surface area contributed by atoms with Crippen molar-refractivity contribution in [3.8, 4) is 0 Å². The molecule has 0 saturated carbocycles. The van der Waals surface area contributed by atoms with Crippen LogP contribution in [0.1, 0.15) is 12.1 Å². The van der Waals surface area contributed by atoms with Crippen LogP contribution in [0.15, 0.2) is 23.8 Å². The molecular weight excluding hydrogens is 260 g/mol. The predicted molar refractivity (Wildman–Crippen MR) is 78.3 cm³/mol. The number of carbonyl (C=O) groups excluding carboxylic acids is 1. The second-order valence-electron chi connectivity index (χ2n) is 4.52. The van der Waals surface area contributed by atoms with Crippen LogP contribution in [0.5, 0.6) is 0 Å². The monoisotopic (exact) mass is 278 g/mol. The van der Waals surface area contributed by atoms with Crippen molar-refractivity contribution in [2.45, 2.75) is 6.42 Å². The Hall–Kier alpha value is -1.66. The molecule has 0 bridgehead atoms. The Balaban J connectivity index is 1.82. The van der Waals surface area contributed by atoms with Gasteiger partial charge in [0.25, 0.3) is 0 Å².